The molecule has 0 spiro atoms. The van der Waals surface area contributed by atoms with Crippen LogP contribution in [-0.4, -0.2) is 13.0 Å². The van der Waals surface area contributed by atoms with Crippen molar-refractivity contribution in [3.05, 3.63) is 83.1 Å². The summed E-state index contributed by atoms with van der Waals surface area (Å²) in [6.45, 7) is 0. The predicted octanol–water partition coefficient (Wildman–Crippen LogP) is 5.28. The fourth-order valence-corrected chi connectivity index (χ4v) is 3.99. The second-order valence-electron chi connectivity index (χ2n) is 5.83. The molecule has 0 N–H and O–H groups in total. The molecule has 0 aliphatic carbocycles. The molecule has 2 nitrogen and oxygen atoms in total. The Morgan fingerprint density at radius 1 is 1.08 bits per heavy atom. The number of fused-ring (bicyclic) bond motifs is 2. The molecule has 0 amide bonds. The number of carbonyl (C=O) groups excluding carboxylic acids is 1. The monoisotopic (exact) mass is 347 g/mol. The lowest BCUT2D eigenvalue weighted by Crippen LogP contribution is -2.09. The van der Waals surface area contributed by atoms with Crippen LogP contribution in [0.15, 0.2) is 76.7 Å². The summed E-state index contributed by atoms with van der Waals surface area (Å²) in [4.78, 5) is 14.4. The van der Waals surface area contributed by atoms with Crippen molar-refractivity contribution in [2.24, 2.45) is 0 Å². The van der Waals surface area contributed by atoms with E-state index < -0.39 is 0 Å². The van der Waals surface area contributed by atoms with E-state index in [1.807, 2.05) is 60.4 Å². The average molecular weight is 347 g/mol. The maximum absolute atomic E-state index is 13.5. The lowest BCUT2D eigenvalue weighted by molar-refractivity contribution is 0.569. The Morgan fingerprint density at radius 2 is 1.88 bits per heavy atom. The van der Waals surface area contributed by atoms with Crippen molar-refractivity contribution in [1.29, 1.82) is 0 Å². The van der Waals surface area contributed by atoms with E-state index >= 15 is 0 Å². The molecule has 4 rings (SSSR count). The summed E-state index contributed by atoms with van der Waals surface area (Å²) in [6.07, 6.45) is 1.81. The largest absolute Gasteiger partial charge is 0.338 e. The van der Waals surface area contributed by atoms with E-state index in [4.69, 9.17) is 0 Å². The van der Waals surface area contributed by atoms with E-state index in [0.29, 0.717) is 5.57 Å². The summed E-state index contributed by atoms with van der Waals surface area (Å²) in [5.74, 6) is 1.77. The summed E-state index contributed by atoms with van der Waals surface area (Å²) < 4.78 is 13.5. The Labute approximate surface area is 149 Å². The van der Waals surface area contributed by atoms with Gasteiger partial charge in [-0.15, -0.1) is 0 Å². The van der Waals surface area contributed by atoms with Crippen LogP contribution in [0.5, 0.6) is 0 Å². The molecule has 0 aromatic heterocycles. The highest BCUT2D eigenvalue weighted by molar-refractivity contribution is 8.03. The maximum Gasteiger partial charge on any atom is 0.133 e. The Balaban J connectivity index is 1.73. The van der Waals surface area contributed by atoms with Crippen LogP contribution in [0.3, 0.4) is 0 Å². The fourth-order valence-electron chi connectivity index (χ4n) is 2.92. The first-order chi connectivity index (χ1) is 12.2. The number of benzene rings is 3. The molecule has 25 heavy (non-hydrogen) atoms. The number of nitrogens with zero attached hydrogens (tertiary/aromatic N) is 1. The summed E-state index contributed by atoms with van der Waals surface area (Å²) in [5, 5.41) is 3.07. The van der Waals surface area contributed by atoms with Crippen molar-refractivity contribution in [3.63, 3.8) is 0 Å². The predicted molar refractivity (Wildman–Crippen MR) is 102 cm³/mol. The average Bonchev–Trinajstić information content (AvgIpc) is 2.94. The SMILES string of the molecule is CN1C(=CC(=C=O)c2ccc3ccccc3c2)Sc2ccc(F)cc21. The second-order valence-corrected chi connectivity index (χ2v) is 6.90. The number of thioether (sulfide) groups is 1. The molecule has 3 aromatic rings. The van der Waals surface area contributed by atoms with Gasteiger partial charge >= 0.3 is 0 Å². The molecule has 0 saturated heterocycles. The molecule has 1 aliphatic rings. The first kappa shape index (κ1) is 15.7. The molecule has 122 valence electrons. The number of hydrogen-bond acceptors (Lipinski definition) is 3. The van der Waals surface area contributed by atoms with Crippen molar-refractivity contribution in [3.8, 4) is 0 Å². The lowest BCUT2D eigenvalue weighted by Gasteiger charge is -2.13. The molecule has 1 heterocycles. The van der Waals surface area contributed by atoms with Gasteiger partial charge in [0, 0.05) is 11.9 Å². The molecule has 0 bridgehead atoms. The topological polar surface area (TPSA) is 20.3 Å². The van der Waals surface area contributed by atoms with Gasteiger partial charge in [-0.3, -0.25) is 0 Å². The third kappa shape index (κ3) is 2.86. The highest BCUT2D eigenvalue weighted by Gasteiger charge is 2.23. The van der Waals surface area contributed by atoms with Gasteiger partial charge in [-0.1, -0.05) is 48.2 Å². The Kier molecular flexibility index (Phi) is 3.92. The summed E-state index contributed by atoms with van der Waals surface area (Å²) >= 11 is 1.52. The molecule has 0 atom stereocenters. The van der Waals surface area contributed by atoms with Crippen LogP contribution < -0.4 is 4.90 Å². The van der Waals surface area contributed by atoms with Crippen molar-refractivity contribution < 1.29 is 9.18 Å². The number of anilines is 1. The minimum atomic E-state index is -0.270. The lowest BCUT2D eigenvalue weighted by atomic mass is 10.0. The third-order valence-corrected chi connectivity index (χ3v) is 5.43. The molecular weight excluding hydrogens is 333 g/mol. The Hall–Kier alpha value is -2.81. The Morgan fingerprint density at radius 3 is 2.68 bits per heavy atom. The second kappa shape index (κ2) is 6.25. The molecular formula is C21H14FNOS. The molecule has 0 saturated carbocycles. The number of rotatable bonds is 2. The third-order valence-electron chi connectivity index (χ3n) is 4.27. The van der Waals surface area contributed by atoms with E-state index in [-0.39, 0.29) is 5.82 Å². The molecule has 1 aliphatic heterocycles. The van der Waals surface area contributed by atoms with Crippen LogP contribution in [0.25, 0.3) is 16.3 Å². The first-order valence-corrected chi connectivity index (χ1v) is 8.64. The number of hydrogen-bond donors (Lipinski definition) is 0. The van der Waals surface area contributed by atoms with Gasteiger partial charge in [0.15, 0.2) is 0 Å². The van der Waals surface area contributed by atoms with Crippen molar-refractivity contribution in [2.75, 3.05) is 11.9 Å². The molecule has 3 aromatic carbocycles. The van der Waals surface area contributed by atoms with Crippen LogP contribution >= 0.6 is 11.8 Å². The number of allylic oxidation sites excluding steroid dienone is 2. The van der Waals surface area contributed by atoms with Crippen molar-refractivity contribution in [1.82, 2.24) is 0 Å². The van der Waals surface area contributed by atoms with Gasteiger partial charge in [-0.25, -0.2) is 9.18 Å². The zero-order valence-electron chi connectivity index (χ0n) is 13.5. The van der Waals surface area contributed by atoms with Crippen LogP contribution in [0.2, 0.25) is 0 Å². The van der Waals surface area contributed by atoms with Crippen molar-refractivity contribution in [2.45, 2.75) is 4.90 Å². The van der Waals surface area contributed by atoms with Crippen LogP contribution in [-0.2, 0) is 4.79 Å². The summed E-state index contributed by atoms with van der Waals surface area (Å²) in [6, 6.07) is 18.6. The van der Waals surface area contributed by atoms with Gasteiger partial charge in [-0.2, -0.15) is 0 Å². The quantitative estimate of drug-likeness (QED) is 0.589. The van der Waals surface area contributed by atoms with Gasteiger partial charge in [0.1, 0.15) is 11.8 Å². The van der Waals surface area contributed by atoms with E-state index in [1.165, 1.54) is 23.9 Å². The fraction of sp³-hybridized carbons (Fsp3) is 0.0476. The van der Waals surface area contributed by atoms with Crippen LogP contribution in [0.4, 0.5) is 10.1 Å². The van der Waals surface area contributed by atoms with Gasteiger partial charge in [0.2, 0.25) is 0 Å². The highest BCUT2D eigenvalue weighted by atomic mass is 32.2. The molecule has 0 fully saturated rings. The van der Waals surface area contributed by atoms with Gasteiger partial charge in [-0.05, 0) is 46.7 Å². The minimum absolute atomic E-state index is 0.270. The molecule has 0 radical (unpaired) electrons. The van der Waals surface area contributed by atoms with Crippen LogP contribution in [0.1, 0.15) is 5.56 Å². The first-order valence-electron chi connectivity index (χ1n) is 7.83. The standard InChI is InChI=1S/C21H14FNOS/c1-23-19-12-18(22)8-9-20(19)25-21(23)11-17(13-24)16-7-6-14-4-2-3-5-15(14)10-16/h2-12H,1H3. The maximum atomic E-state index is 13.5. The van der Waals surface area contributed by atoms with Crippen molar-refractivity contribution >= 4 is 39.7 Å². The van der Waals surface area contributed by atoms with Gasteiger partial charge in [0.25, 0.3) is 0 Å². The van der Waals surface area contributed by atoms with E-state index in [2.05, 4.69) is 0 Å². The zero-order valence-corrected chi connectivity index (χ0v) is 14.3. The zero-order chi connectivity index (χ0) is 17.4. The smallest absolute Gasteiger partial charge is 0.133 e. The van der Waals surface area contributed by atoms with Gasteiger partial charge < -0.3 is 4.90 Å². The van der Waals surface area contributed by atoms with E-state index in [1.54, 1.807) is 12.1 Å². The molecule has 0 unspecified atom stereocenters. The van der Waals surface area contributed by atoms with E-state index in [0.717, 1.165) is 31.9 Å². The van der Waals surface area contributed by atoms with Crippen LogP contribution in [0, 0.1) is 5.82 Å². The summed E-state index contributed by atoms with van der Waals surface area (Å²) in [7, 11) is 1.87. The Bertz CT molecular complexity index is 1070. The van der Waals surface area contributed by atoms with Gasteiger partial charge in [0.05, 0.1) is 16.3 Å². The normalized spacial score (nSPS) is 14.6. The summed E-state index contributed by atoms with van der Waals surface area (Å²) in [5.41, 5.74) is 2.10. The van der Waals surface area contributed by atoms with E-state index in [9.17, 15) is 9.18 Å². The number of halogens is 1. The minimum Gasteiger partial charge on any atom is -0.338 e. The highest BCUT2D eigenvalue weighted by Crippen LogP contribution is 2.45. The molecule has 4 heteroatoms.